The number of nitrogens with zero attached hydrogens (tertiary/aromatic N) is 3. The van der Waals surface area contributed by atoms with E-state index in [9.17, 15) is 9.90 Å². The fraction of sp³-hybridized carbons (Fsp3) is 0.190. The van der Waals surface area contributed by atoms with Crippen molar-refractivity contribution >= 4 is 34.3 Å². The molecule has 2 aromatic carbocycles. The van der Waals surface area contributed by atoms with Crippen LogP contribution in [0.3, 0.4) is 0 Å². The smallest absolute Gasteiger partial charge is 0.336 e. The molecule has 4 aromatic rings. The van der Waals surface area contributed by atoms with Crippen molar-refractivity contribution in [1.29, 1.82) is 0 Å². The Labute approximate surface area is 176 Å². The van der Waals surface area contributed by atoms with Crippen LogP contribution in [0.15, 0.2) is 56.8 Å². The molecule has 0 aliphatic carbocycles. The maximum Gasteiger partial charge on any atom is 0.336 e. The van der Waals surface area contributed by atoms with E-state index in [-0.39, 0.29) is 5.75 Å². The molecule has 0 atom stereocenters. The van der Waals surface area contributed by atoms with Gasteiger partial charge in [-0.25, -0.2) is 4.79 Å². The molecule has 0 spiro atoms. The van der Waals surface area contributed by atoms with Crippen LogP contribution >= 0.6 is 23.4 Å². The summed E-state index contributed by atoms with van der Waals surface area (Å²) in [6.07, 6.45) is 0. The molecule has 0 saturated heterocycles. The van der Waals surface area contributed by atoms with Gasteiger partial charge in [0.25, 0.3) is 0 Å². The van der Waals surface area contributed by atoms with Crippen molar-refractivity contribution in [3.63, 3.8) is 0 Å². The third-order valence-corrected chi connectivity index (χ3v) is 5.98. The van der Waals surface area contributed by atoms with Crippen LogP contribution in [0.2, 0.25) is 5.02 Å². The van der Waals surface area contributed by atoms with E-state index in [1.54, 1.807) is 19.1 Å². The quantitative estimate of drug-likeness (QED) is 0.355. The summed E-state index contributed by atoms with van der Waals surface area (Å²) in [5, 5.41) is 20.8. The summed E-state index contributed by atoms with van der Waals surface area (Å²) in [5.41, 5.74) is 2.27. The van der Waals surface area contributed by atoms with Gasteiger partial charge in [0.2, 0.25) is 0 Å². The first-order valence-corrected chi connectivity index (χ1v) is 10.4. The molecule has 4 rings (SSSR count). The van der Waals surface area contributed by atoms with Gasteiger partial charge >= 0.3 is 5.63 Å². The topological polar surface area (TPSA) is 81.2 Å². The lowest BCUT2D eigenvalue weighted by molar-refractivity contribution is 0.468. The van der Waals surface area contributed by atoms with Gasteiger partial charge in [-0.05, 0) is 55.8 Å². The fourth-order valence-electron chi connectivity index (χ4n) is 3.17. The van der Waals surface area contributed by atoms with Crippen molar-refractivity contribution in [2.45, 2.75) is 31.3 Å². The van der Waals surface area contributed by atoms with Gasteiger partial charge in [0.1, 0.15) is 11.3 Å². The first kappa shape index (κ1) is 19.5. The molecule has 29 heavy (non-hydrogen) atoms. The Balaban J connectivity index is 1.67. The van der Waals surface area contributed by atoms with E-state index < -0.39 is 5.63 Å². The van der Waals surface area contributed by atoms with Gasteiger partial charge < -0.3 is 14.1 Å². The minimum absolute atomic E-state index is 0.101. The lowest BCUT2D eigenvalue weighted by Gasteiger charge is -2.09. The first-order chi connectivity index (χ1) is 14.0. The highest BCUT2D eigenvalue weighted by Gasteiger charge is 2.15. The lowest BCUT2D eigenvalue weighted by atomic mass is 10.1. The van der Waals surface area contributed by atoms with E-state index in [0.717, 1.165) is 27.5 Å². The molecule has 6 nitrogen and oxygen atoms in total. The molecule has 2 aromatic heterocycles. The number of thioether (sulfide) groups is 1. The zero-order chi connectivity index (χ0) is 20.5. The van der Waals surface area contributed by atoms with E-state index in [4.69, 9.17) is 16.0 Å². The number of halogens is 1. The molecule has 2 heterocycles. The molecule has 0 unspecified atom stereocenters. The molecule has 8 heteroatoms. The average molecular weight is 428 g/mol. The number of aromatic nitrogens is 3. The number of aromatic hydroxyl groups is 1. The highest BCUT2D eigenvalue weighted by molar-refractivity contribution is 7.98. The molecule has 1 N–H and O–H groups in total. The average Bonchev–Trinajstić information content (AvgIpc) is 3.12. The number of aryl methyl sites for hydroxylation is 1. The predicted molar refractivity (Wildman–Crippen MR) is 115 cm³/mol. The van der Waals surface area contributed by atoms with E-state index in [1.807, 2.05) is 35.8 Å². The number of phenols is 1. The lowest BCUT2D eigenvalue weighted by Crippen LogP contribution is -2.02. The van der Waals surface area contributed by atoms with Crippen LogP contribution in [0.5, 0.6) is 5.75 Å². The van der Waals surface area contributed by atoms with Crippen molar-refractivity contribution in [3.05, 3.63) is 69.0 Å². The Hall–Kier alpha value is -2.77. The molecule has 0 fully saturated rings. The second kappa shape index (κ2) is 7.93. The number of phenolic OH excluding ortho intramolecular Hbond substituents is 1. The van der Waals surface area contributed by atoms with Crippen LogP contribution in [-0.4, -0.2) is 19.9 Å². The Morgan fingerprint density at radius 3 is 2.66 bits per heavy atom. The molecule has 0 amide bonds. The molecular weight excluding hydrogens is 410 g/mol. The van der Waals surface area contributed by atoms with Gasteiger partial charge in [-0.1, -0.05) is 23.4 Å². The maximum absolute atomic E-state index is 12.0. The highest BCUT2D eigenvalue weighted by Crippen LogP contribution is 2.31. The summed E-state index contributed by atoms with van der Waals surface area (Å²) in [7, 11) is 0. The first-order valence-electron chi connectivity index (χ1n) is 9.05. The Bertz CT molecular complexity index is 1250. The zero-order valence-corrected chi connectivity index (χ0v) is 17.4. The summed E-state index contributed by atoms with van der Waals surface area (Å²) < 4.78 is 7.34. The van der Waals surface area contributed by atoms with Crippen molar-refractivity contribution in [2.75, 3.05) is 0 Å². The summed E-state index contributed by atoms with van der Waals surface area (Å²) in [6.45, 7) is 4.47. The highest BCUT2D eigenvalue weighted by atomic mass is 35.5. The van der Waals surface area contributed by atoms with Crippen LogP contribution < -0.4 is 5.63 Å². The number of hydrogen-bond donors (Lipinski definition) is 1. The van der Waals surface area contributed by atoms with Gasteiger partial charge in [0.05, 0.1) is 0 Å². The summed E-state index contributed by atoms with van der Waals surface area (Å²) >= 11 is 7.48. The second-order valence-corrected chi connectivity index (χ2v) is 7.90. The number of benzene rings is 2. The Kier molecular flexibility index (Phi) is 5.34. The summed E-state index contributed by atoms with van der Waals surface area (Å²) in [5.74, 6) is 1.39. The van der Waals surface area contributed by atoms with Crippen molar-refractivity contribution in [3.8, 4) is 17.1 Å². The number of hydrogen-bond acceptors (Lipinski definition) is 6. The van der Waals surface area contributed by atoms with Crippen molar-refractivity contribution in [1.82, 2.24) is 14.8 Å². The van der Waals surface area contributed by atoms with Crippen LogP contribution in [0.4, 0.5) is 0 Å². The molecule has 0 bridgehead atoms. The molecule has 0 aliphatic rings. The monoisotopic (exact) mass is 427 g/mol. The number of fused-ring (bicyclic) bond motifs is 1. The van der Waals surface area contributed by atoms with Crippen LogP contribution in [-0.2, 0) is 12.3 Å². The third kappa shape index (κ3) is 3.75. The van der Waals surface area contributed by atoms with E-state index in [0.29, 0.717) is 28.5 Å². The molecule has 0 radical (unpaired) electrons. The molecule has 0 saturated carbocycles. The summed E-state index contributed by atoms with van der Waals surface area (Å²) in [6, 6.07) is 12.3. The minimum atomic E-state index is -0.444. The normalized spacial score (nSPS) is 11.3. The molecule has 0 aliphatic heterocycles. The predicted octanol–water partition coefficient (Wildman–Crippen LogP) is 5.03. The van der Waals surface area contributed by atoms with Gasteiger partial charge in [-0.3, -0.25) is 0 Å². The zero-order valence-electron chi connectivity index (χ0n) is 15.8. The van der Waals surface area contributed by atoms with E-state index in [1.165, 1.54) is 17.8 Å². The Morgan fingerprint density at radius 2 is 1.93 bits per heavy atom. The maximum atomic E-state index is 12.0. The largest absolute Gasteiger partial charge is 0.508 e. The van der Waals surface area contributed by atoms with Gasteiger partial charge in [0.15, 0.2) is 11.0 Å². The minimum Gasteiger partial charge on any atom is -0.508 e. The van der Waals surface area contributed by atoms with Crippen LogP contribution in [0.25, 0.3) is 22.4 Å². The number of rotatable bonds is 5. The van der Waals surface area contributed by atoms with E-state index >= 15 is 0 Å². The van der Waals surface area contributed by atoms with E-state index in [2.05, 4.69) is 10.2 Å². The molecular formula is C21H18ClN3O3S. The molecule has 148 valence electrons. The Morgan fingerprint density at radius 1 is 1.17 bits per heavy atom. The second-order valence-electron chi connectivity index (χ2n) is 6.52. The van der Waals surface area contributed by atoms with Gasteiger partial charge in [-0.2, -0.15) is 0 Å². The van der Waals surface area contributed by atoms with Crippen molar-refractivity contribution < 1.29 is 9.52 Å². The van der Waals surface area contributed by atoms with Gasteiger partial charge in [0, 0.05) is 39.9 Å². The SMILES string of the molecule is CCn1c(SCc2cc(=O)oc3c(C)c(O)ccc23)nnc1-c1ccc(Cl)cc1. The van der Waals surface area contributed by atoms with Crippen LogP contribution in [0, 0.1) is 6.92 Å². The summed E-state index contributed by atoms with van der Waals surface area (Å²) in [4.78, 5) is 12.0. The fourth-order valence-corrected chi connectivity index (χ4v) is 4.29. The third-order valence-electron chi connectivity index (χ3n) is 4.71. The standard InChI is InChI=1S/C21H18ClN3O3S/c1-3-25-20(13-4-6-15(22)7-5-13)23-24-21(25)29-11-14-10-18(27)28-19-12(2)17(26)9-8-16(14)19/h4-10,26H,3,11H2,1-2H3. The van der Waals surface area contributed by atoms with Crippen molar-refractivity contribution in [2.24, 2.45) is 0 Å². The van der Waals surface area contributed by atoms with Crippen LogP contribution in [0.1, 0.15) is 18.1 Å². The van der Waals surface area contributed by atoms with Gasteiger partial charge in [-0.15, -0.1) is 10.2 Å².